The average molecular weight is 681 g/mol. The summed E-state index contributed by atoms with van der Waals surface area (Å²) in [6.07, 6.45) is 0. The standard InChI is InChI=1S/C49H36N4/c50-33-21-25-41-43-27-23-39(52(35-13-5-1-6-14-35)36-15-7-2-8-16-36)31-47(43)49(45(41)29-33)46-30-34(51)22-26-42(46)44-28-24-40(32-48(44)49)53(37-17-9-3-10-18-37)38-19-11-4-12-20-38/h1-32H,50-51H2. The molecule has 0 saturated carbocycles. The van der Waals surface area contributed by atoms with Crippen LogP contribution in [0.3, 0.4) is 0 Å². The zero-order chi connectivity index (χ0) is 35.5. The Morgan fingerprint density at radius 2 is 0.566 bits per heavy atom. The Morgan fingerprint density at radius 3 is 0.887 bits per heavy atom. The number of nitrogens with zero attached hydrogens (tertiary/aromatic N) is 2. The number of anilines is 8. The van der Waals surface area contributed by atoms with E-state index in [2.05, 4.69) is 192 Å². The summed E-state index contributed by atoms with van der Waals surface area (Å²) in [7, 11) is 0. The molecule has 0 unspecified atom stereocenters. The van der Waals surface area contributed by atoms with E-state index in [1.165, 1.54) is 44.5 Å². The molecule has 4 heteroatoms. The molecule has 252 valence electrons. The van der Waals surface area contributed by atoms with Gasteiger partial charge in [0.2, 0.25) is 0 Å². The quantitative estimate of drug-likeness (QED) is 0.172. The lowest BCUT2D eigenvalue weighted by molar-refractivity contribution is 0.794. The Labute approximate surface area is 309 Å². The molecule has 0 heterocycles. The summed E-state index contributed by atoms with van der Waals surface area (Å²) < 4.78 is 0. The van der Waals surface area contributed by atoms with Crippen LogP contribution in [0, 0.1) is 0 Å². The normalized spacial score (nSPS) is 12.8. The number of hydrogen-bond donors (Lipinski definition) is 2. The molecule has 8 aromatic rings. The van der Waals surface area contributed by atoms with Gasteiger partial charge in [0.25, 0.3) is 0 Å². The van der Waals surface area contributed by atoms with Crippen molar-refractivity contribution in [3.63, 3.8) is 0 Å². The summed E-state index contributed by atoms with van der Waals surface area (Å²) in [5.74, 6) is 0. The van der Waals surface area contributed by atoms with Crippen LogP contribution in [0.1, 0.15) is 22.3 Å². The monoisotopic (exact) mass is 680 g/mol. The lowest BCUT2D eigenvalue weighted by Crippen LogP contribution is -2.27. The van der Waals surface area contributed by atoms with Crippen molar-refractivity contribution in [1.82, 2.24) is 0 Å². The van der Waals surface area contributed by atoms with Crippen LogP contribution in [0.25, 0.3) is 22.3 Å². The molecule has 53 heavy (non-hydrogen) atoms. The van der Waals surface area contributed by atoms with Crippen LogP contribution < -0.4 is 21.3 Å². The number of hydrogen-bond acceptors (Lipinski definition) is 4. The van der Waals surface area contributed by atoms with Gasteiger partial charge in [0.1, 0.15) is 0 Å². The van der Waals surface area contributed by atoms with Gasteiger partial charge in [0.15, 0.2) is 0 Å². The predicted octanol–water partition coefficient (Wildman–Crippen LogP) is 12.1. The van der Waals surface area contributed by atoms with Crippen molar-refractivity contribution < 1.29 is 0 Å². The summed E-state index contributed by atoms with van der Waals surface area (Å²) in [6.45, 7) is 0. The second-order valence-corrected chi connectivity index (χ2v) is 13.8. The van der Waals surface area contributed by atoms with Gasteiger partial charge in [-0.3, -0.25) is 0 Å². The maximum Gasteiger partial charge on any atom is 0.0728 e. The van der Waals surface area contributed by atoms with E-state index in [1.807, 2.05) is 12.1 Å². The first kappa shape index (κ1) is 30.8. The second kappa shape index (κ2) is 12.0. The number of para-hydroxylation sites is 4. The zero-order valence-corrected chi connectivity index (χ0v) is 29.0. The first-order valence-electron chi connectivity index (χ1n) is 18.0. The fourth-order valence-corrected chi connectivity index (χ4v) is 8.72. The van der Waals surface area contributed by atoms with Gasteiger partial charge in [0, 0.05) is 45.5 Å². The van der Waals surface area contributed by atoms with Gasteiger partial charge in [-0.1, -0.05) is 97.1 Å². The lowest BCUT2D eigenvalue weighted by atomic mass is 9.70. The molecule has 4 nitrogen and oxygen atoms in total. The highest BCUT2D eigenvalue weighted by atomic mass is 15.1. The third-order valence-electron chi connectivity index (χ3n) is 10.9. The topological polar surface area (TPSA) is 58.5 Å². The van der Waals surface area contributed by atoms with Crippen LogP contribution in [0.2, 0.25) is 0 Å². The largest absolute Gasteiger partial charge is 0.399 e. The van der Waals surface area contributed by atoms with Crippen molar-refractivity contribution in [1.29, 1.82) is 0 Å². The third-order valence-corrected chi connectivity index (χ3v) is 10.9. The first-order chi connectivity index (χ1) is 26.1. The number of fused-ring (bicyclic) bond motifs is 10. The molecule has 0 aromatic heterocycles. The highest BCUT2D eigenvalue weighted by molar-refractivity contribution is 5.98. The van der Waals surface area contributed by atoms with Gasteiger partial charge < -0.3 is 21.3 Å². The minimum atomic E-state index is -0.676. The number of nitrogen functional groups attached to an aromatic ring is 2. The molecule has 4 N–H and O–H groups in total. The van der Waals surface area contributed by atoms with Gasteiger partial charge in [-0.05, 0) is 142 Å². The average Bonchev–Trinajstić information content (AvgIpc) is 3.65. The summed E-state index contributed by atoms with van der Waals surface area (Å²) in [5, 5.41) is 0. The Hall–Kier alpha value is -7.04. The van der Waals surface area contributed by atoms with E-state index in [1.54, 1.807) is 0 Å². The van der Waals surface area contributed by atoms with E-state index >= 15 is 0 Å². The van der Waals surface area contributed by atoms with E-state index in [0.717, 1.165) is 45.5 Å². The smallest absolute Gasteiger partial charge is 0.0728 e. The van der Waals surface area contributed by atoms with Crippen LogP contribution in [-0.2, 0) is 5.41 Å². The molecule has 8 aromatic carbocycles. The molecule has 2 aliphatic rings. The van der Waals surface area contributed by atoms with Crippen molar-refractivity contribution in [2.45, 2.75) is 5.41 Å². The fourth-order valence-electron chi connectivity index (χ4n) is 8.72. The maximum absolute atomic E-state index is 6.71. The molecule has 1 spiro atoms. The van der Waals surface area contributed by atoms with Crippen LogP contribution in [-0.4, -0.2) is 0 Å². The molecular weight excluding hydrogens is 645 g/mol. The van der Waals surface area contributed by atoms with Crippen LogP contribution in [0.15, 0.2) is 194 Å². The zero-order valence-electron chi connectivity index (χ0n) is 29.0. The summed E-state index contributed by atoms with van der Waals surface area (Å²) in [6, 6.07) is 69.0. The Kier molecular flexibility index (Phi) is 6.99. The van der Waals surface area contributed by atoms with Crippen LogP contribution >= 0.6 is 0 Å². The van der Waals surface area contributed by atoms with Crippen LogP contribution in [0.5, 0.6) is 0 Å². The van der Waals surface area contributed by atoms with Crippen molar-refractivity contribution in [2.75, 3.05) is 21.3 Å². The molecule has 2 aliphatic carbocycles. The molecular formula is C49H36N4. The van der Waals surface area contributed by atoms with Crippen molar-refractivity contribution in [3.8, 4) is 22.3 Å². The molecule has 0 amide bonds. The minimum Gasteiger partial charge on any atom is -0.399 e. The first-order valence-corrected chi connectivity index (χ1v) is 18.0. The van der Waals surface area contributed by atoms with E-state index in [0.29, 0.717) is 0 Å². The van der Waals surface area contributed by atoms with Gasteiger partial charge in [-0.15, -0.1) is 0 Å². The molecule has 0 bridgehead atoms. The van der Waals surface area contributed by atoms with Gasteiger partial charge >= 0.3 is 0 Å². The molecule has 0 aliphatic heterocycles. The van der Waals surface area contributed by atoms with Crippen molar-refractivity contribution in [3.05, 3.63) is 216 Å². The summed E-state index contributed by atoms with van der Waals surface area (Å²) in [5.41, 5.74) is 30.2. The molecule has 0 saturated heterocycles. The number of benzene rings is 8. The van der Waals surface area contributed by atoms with E-state index < -0.39 is 5.41 Å². The lowest BCUT2D eigenvalue weighted by Gasteiger charge is -2.33. The van der Waals surface area contributed by atoms with E-state index in [9.17, 15) is 0 Å². The van der Waals surface area contributed by atoms with Crippen LogP contribution in [0.4, 0.5) is 45.5 Å². The van der Waals surface area contributed by atoms with Gasteiger partial charge in [0.05, 0.1) is 5.41 Å². The second-order valence-electron chi connectivity index (χ2n) is 13.8. The van der Waals surface area contributed by atoms with Gasteiger partial charge in [-0.2, -0.15) is 0 Å². The number of rotatable bonds is 6. The summed E-state index contributed by atoms with van der Waals surface area (Å²) in [4.78, 5) is 4.68. The fraction of sp³-hybridized carbons (Fsp3) is 0.0204. The highest BCUT2D eigenvalue weighted by Gasteiger charge is 2.52. The third kappa shape index (κ3) is 4.69. The predicted molar refractivity (Wildman–Crippen MR) is 221 cm³/mol. The molecule has 0 radical (unpaired) electrons. The van der Waals surface area contributed by atoms with Crippen molar-refractivity contribution in [2.24, 2.45) is 0 Å². The van der Waals surface area contributed by atoms with E-state index in [-0.39, 0.29) is 0 Å². The molecule has 0 fully saturated rings. The molecule has 0 atom stereocenters. The SMILES string of the molecule is Nc1ccc2c(c1)C1(c3cc(N)ccc3-c3ccc(N(c4ccccc4)c4ccccc4)cc31)c1cc(N(c3ccccc3)c3ccccc3)ccc1-2. The number of nitrogens with two attached hydrogens (primary N) is 2. The Morgan fingerprint density at radius 1 is 0.283 bits per heavy atom. The highest BCUT2D eigenvalue weighted by Crippen LogP contribution is 2.64. The van der Waals surface area contributed by atoms with E-state index in [4.69, 9.17) is 11.5 Å². The Balaban J connectivity index is 1.28. The minimum absolute atomic E-state index is 0.676. The Bertz CT molecular complexity index is 2370. The van der Waals surface area contributed by atoms with Crippen molar-refractivity contribution >= 4 is 45.5 Å². The maximum atomic E-state index is 6.71. The van der Waals surface area contributed by atoms with Gasteiger partial charge in [-0.25, -0.2) is 0 Å². The summed E-state index contributed by atoms with van der Waals surface area (Å²) >= 11 is 0. The molecule has 10 rings (SSSR count).